The zero-order valence-corrected chi connectivity index (χ0v) is 18.7. The molecule has 1 aromatic heterocycles. The molecule has 1 aliphatic heterocycles. The molecule has 0 radical (unpaired) electrons. The summed E-state index contributed by atoms with van der Waals surface area (Å²) in [7, 11) is 0. The molecule has 0 amide bonds. The summed E-state index contributed by atoms with van der Waals surface area (Å²) in [5.74, 6) is 0.720. The number of likely N-dealkylation sites (tertiary alicyclic amines) is 1. The van der Waals surface area contributed by atoms with Crippen molar-refractivity contribution in [1.82, 2.24) is 15.5 Å². The summed E-state index contributed by atoms with van der Waals surface area (Å²) < 4.78 is 37.4. The van der Waals surface area contributed by atoms with E-state index in [0.717, 1.165) is 11.3 Å². The van der Waals surface area contributed by atoms with Crippen molar-refractivity contribution in [3.63, 3.8) is 0 Å². The van der Waals surface area contributed by atoms with Crippen molar-refractivity contribution in [2.24, 2.45) is 10.9 Å². The van der Waals surface area contributed by atoms with E-state index >= 15 is 0 Å². The maximum Gasteiger partial charge on any atom is 0.401 e. The van der Waals surface area contributed by atoms with Gasteiger partial charge in [-0.05, 0) is 44.2 Å². The number of thiophene rings is 1. The lowest BCUT2D eigenvalue weighted by Crippen LogP contribution is -2.41. The van der Waals surface area contributed by atoms with Gasteiger partial charge in [-0.25, -0.2) is 4.99 Å². The molecule has 1 saturated heterocycles. The summed E-state index contributed by atoms with van der Waals surface area (Å²) in [6.07, 6.45) is -3.42. The van der Waals surface area contributed by atoms with Crippen LogP contribution in [0.15, 0.2) is 22.5 Å². The minimum Gasteiger partial charge on any atom is -0.383 e. The molecule has 3 N–H and O–H groups in total. The molecule has 2 unspecified atom stereocenters. The van der Waals surface area contributed by atoms with Crippen molar-refractivity contribution in [1.29, 1.82) is 0 Å². The zero-order valence-electron chi connectivity index (χ0n) is 15.6. The Kier molecular flexibility index (Phi) is 9.80. The molecule has 156 valence electrons. The molecule has 0 aliphatic carbocycles. The molecule has 2 rings (SSSR count). The maximum absolute atomic E-state index is 12.5. The normalized spacial score (nSPS) is 20.8. The predicted octanol–water partition coefficient (Wildman–Crippen LogP) is 3.01. The van der Waals surface area contributed by atoms with Crippen molar-refractivity contribution in [2.45, 2.75) is 32.0 Å². The van der Waals surface area contributed by atoms with Gasteiger partial charge in [-0.2, -0.15) is 13.2 Å². The van der Waals surface area contributed by atoms with Crippen LogP contribution in [-0.2, 0) is 5.60 Å². The largest absolute Gasteiger partial charge is 0.401 e. The van der Waals surface area contributed by atoms with Crippen LogP contribution < -0.4 is 10.6 Å². The van der Waals surface area contributed by atoms with E-state index < -0.39 is 18.3 Å². The average Bonchev–Trinajstić information content (AvgIpc) is 3.20. The number of hydrogen-bond acceptors (Lipinski definition) is 4. The Morgan fingerprint density at radius 3 is 2.74 bits per heavy atom. The van der Waals surface area contributed by atoms with Gasteiger partial charge < -0.3 is 15.7 Å². The highest BCUT2D eigenvalue weighted by Gasteiger charge is 2.34. The number of hydrogen-bond donors (Lipinski definition) is 3. The standard InChI is InChI=1S/C17H27F3N4OS.HI/c1-3-21-15(23-11-16(2,25)14-5-4-8-26-14)22-9-13-6-7-24(10-13)12-17(18,19)20;/h4-5,8,13,25H,3,6-7,9-12H2,1-2H3,(H2,21,22,23);1H. The van der Waals surface area contributed by atoms with E-state index in [2.05, 4.69) is 15.6 Å². The van der Waals surface area contributed by atoms with Gasteiger partial charge in [-0.1, -0.05) is 6.07 Å². The molecule has 0 spiro atoms. The summed E-state index contributed by atoms with van der Waals surface area (Å²) in [6.45, 7) is 5.13. The molecule has 0 saturated carbocycles. The molecule has 0 aromatic carbocycles. The second kappa shape index (κ2) is 10.8. The lowest BCUT2D eigenvalue weighted by atomic mass is 10.1. The Labute approximate surface area is 179 Å². The summed E-state index contributed by atoms with van der Waals surface area (Å²) in [4.78, 5) is 6.72. The number of aliphatic imine (C=N–C) groups is 1. The van der Waals surface area contributed by atoms with Gasteiger partial charge in [0.2, 0.25) is 0 Å². The van der Waals surface area contributed by atoms with Gasteiger partial charge in [0.25, 0.3) is 0 Å². The Hall–Kier alpha value is -0.590. The SMILES string of the molecule is CCNC(=NCC(C)(O)c1cccs1)NCC1CCN(CC(F)(F)F)C1.I. The molecule has 5 nitrogen and oxygen atoms in total. The highest BCUT2D eigenvalue weighted by Crippen LogP contribution is 2.25. The van der Waals surface area contributed by atoms with E-state index in [4.69, 9.17) is 0 Å². The van der Waals surface area contributed by atoms with Crippen molar-refractivity contribution in [3.05, 3.63) is 22.4 Å². The third-order valence-corrected chi connectivity index (χ3v) is 5.40. The molecular formula is C17H28F3IN4OS. The summed E-state index contributed by atoms with van der Waals surface area (Å²) in [5, 5.41) is 18.8. The molecule has 0 bridgehead atoms. The highest BCUT2D eigenvalue weighted by molar-refractivity contribution is 14.0. The average molecular weight is 520 g/mol. The highest BCUT2D eigenvalue weighted by atomic mass is 127. The van der Waals surface area contributed by atoms with Crippen molar-refractivity contribution in [2.75, 3.05) is 39.3 Å². The summed E-state index contributed by atoms with van der Waals surface area (Å²) in [5.41, 5.74) is -1.05. The second-order valence-corrected chi connectivity index (χ2v) is 7.78. The fraction of sp³-hybridized carbons (Fsp3) is 0.706. The molecule has 1 aromatic rings. The van der Waals surface area contributed by atoms with Crippen LogP contribution in [0.25, 0.3) is 0 Å². The lowest BCUT2D eigenvalue weighted by molar-refractivity contribution is -0.143. The predicted molar refractivity (Wildman–Crippen MR) is 114 cm³/mol. The van der Waals surface area contributed by atoms with Crippen LogP contribution >= 0.6 is 35.3 Å². The Morgan fingerprint density at radius 1 is 1.41 bits per heavy atom. The summed E-state index contributed by atoms with van der Waals surface area (Å²) >= 11 is 1.48. The third kappa shape index (κ3) is 8.53. The Morgan fingerprint density at radius 2 is 2.15 bits per heavy atom. The first-order valence-corrected chi connectivity index (χ1v) is 9.65. The van der Waals surface area contributed by atoms with Crippen molar-refractivity contribution in [3.8, 4) is 0 Å². The van der Waals surface area contributed by atoms with Crippen LogP contribution in [0.2, 0.25) is 0 Å². The van der Waals surface area contributed by atoms with E-state index in [9.17, 15) is 18.3 Å². The number of aliphatic hydroxyl groups is 1. The second-order valence-electron chi connectivity index (χ2n) is 6.83. The third-order valence-electron chi connectivity index (χ3n) is 4.27. The Balaban J connectivity index is 0.00000364. The van der Waals surface area contributed by atoms with Crippen molar-refractivity contribution < 1.29 is 18.3 Å². The van der Waals surface area contributed by atoms with Crippen molar-refractivity contribution >= 4 is 41.3 Å². The van der Waals surface area contributed by atoms with Gasteiger partial charge in [0.1, 0.15) is 5.60 Å². The monoisotopic (exact) mass is 520 g/mol. The van der Waals surface area contributed by atoms with Crippen LogP contribution in [0.1, 0.15) is 25.1 Å². The molecule has 2 atom stereocenters. The quantitative estimate of drug-likeness (QED) is 0.294. The van der Waals surface area contributed by atoms with Gasteiger partial charge >= 0.3 is 6.18 Å². The van der Waals surface area contributed by atoms with Crippen LogP contribution in [0.4, 0.5) is 13.2 Å². The number of guanidine groups is 1. The Bertz CT molecular complexity index is 581. The minimum absolute atomic E-state index is 0. The molecule has 1 fully saturated rings. The van der Waals surface area contributed by atoms with Crippen LogP contribution in [0, 0.1) is 5.92 Å². The van der Waals surface area contributed by atoms with E-state index in [-0.39, 0.29) is 36.4 Å². The first-order valence-electron chi connectivity index (χ1n) is 8.77. The molecule has 2 heterocycles. The maximum atomic E-state index is 12.5. The van der Waals surface area contributed by atoms with E-state index in [1.165, 1.54) is 16.2 Å². The fourth-order valence-electron chi connectivity index (χ4n) is 2.96. The number of rotatable bonds is 7. The lowest BCUT2D eigenvalue weighted by Gasteiger charge is -2.21. The molecule has 27 heavy (non-hydrogen) atoms. The van der Waals surface area contributed by atoms with E-state index in [1.807, 2.05) is 24.4 Å². The number of alkyl halides is 3. The van der Waals surface area contributed by atoms with Gasteiger partial charge in [0.05, 0.1) is 13.1 Å². The first-order chi connectivity index (χ1) is 12.2. The van der Waals surface area contributed by atoms with Gasteiger partial charge in [-0.15, -0.1) is 35.3 Å². The number of nitrogens with zero attached hydrogens (tertiary/aromatic N) is 2. The smallest absolute Gasteiger partial charge is 0.383 e. The van der Waals surface area contributed by atoms with Gasteiger partial charge in [0.15, 0.2) is 5.96 Å². The molecule has 1 aliphatic rings. The van der Waals surface area contributed by atoms with E-state index in [1.54, 1.807) is 6.92 Å². The first kappa shape index (κ1) is 24.4. The molecular weight excluding hydrogens is 492 g/mol. The summed E-state index contributed by atoms with van der Waals surface area (Å²) in [6, 6.07) is 3.75. The van der Waals surface area contributed by atoms with Crippen LogP contribution in [-0.4, -0.2) is 61.4 Å². The number of nitrogens with one attached hydrogen (secondary N) is 2. The van der Waals surface area contributed by atoms with Crippen LogP contribution in [0.5, 0.6) is 0 Å². The van der Waals surface area contributed by atoms with E-state index in [0.29, 0.717) is 32.1 Å². The van der Waals surface area contributed by atoms with Gasteiger partial charge in [-0.3, -0.25) is 4.90 Å². The minimum atomic E-state index is -4.15. The number of halogens is 4. The fourth-order valence-corrected chi connectivity index (χ4v) is 3.73. The zero-order chi connectivity index (χ0) is 19.2. The van der Waals surface area contributed by atoms with Crippen LogP contribution in [0.3, 0.4) is 0 Å². The van der Waals surface area contributed by atoms with Gasteiger partial charge in [0, 0.05) is 24.5 Å². The topological polar surface area (TPSA) is 59.9 Å². The molecule has 10 heteroatoms.